The highest BCUT2D eigenvalue weighted by atomic mass is 15.2. The van der Waals surface area contributed by atoms with Crippen LogP contribution in [0, 0.1) is 6.92 Å². The second kappa shape index (κ2) is 4.98. The topological polar surface area (TPSA) is 45.4 Å². The monoisotopic (exact) mass is 208 g/mol. The van der Waals surface area contributed by atoms with E-state index in [1.165, 1.54) is 0 Å². The number of pyridine rings is 1. The Morgan fingerprint density at radius 2 is 1.93 bits per heavy atom. The van der Waals surface area contributed by atoms with Crippen molar-refractivity contribution >= 4 is 11.5 Å². The first-order valence-corrected chi connectivity index (χ1v) is 5.08. The van der Waals surface area contributed by atoms with E-state index in [2.05, 4.69) is 35.9 Å². The largest absolute Gasteiger partial charge is 0.397 e. The summed E-state index contributed by atoms with van der Waals surface area (Å²) >= 11 is 0. The van der Waals surface area contributed by atoms with Crippen molar-refractivity contribution in [3.63, 3.8) is 0 Å². The van der Waals surface area contributed by atoms with E-state index in [4.69, 9.17) is 5.73 Å². The maximum absolute atomic E-state index is 5.66. The molecule has 4 heteroatoms. The first-order chi connectivity index (χ1) is 7.00. The summed E-state index contributed by atoms with van der Waals surface area (Å²) in [5.41, 5.74) is 7.50. The lowest BCUT2D eigenvalue weighted by molar-refractivity contribution is 0.416. The van der Waals surface area contributed by atoms with Gasteiger partial charge < -0.3 is 15.5 Å². The van der Waals surface area contributed by atoms with Crippen LogP contribution in [0.3, 0.4) is 0 Å². The summed E-state index contributed by atoms with van der Waals surface area (Å²) < 4.78 is 0. The van der Waals surface area contributed by atoms with Crippen LogP contribution in [0.1, 0.15) is 5.56 Å². The van der Waals surface area contributed by atoms with E-state index in [0.29, 0.717) is 0 Å². The number of nitrogens with zero attached hydrogens (tertiary/aromatic N) is 3. The lowest BCUT2D eigenvalue weighted by Crippen LogP contribution is -2.29. The smallest absolute Gasteiger partial charge is 0.131 e. The van der Waals surface area contributed by atoms with Crippen molar-refractivity contribution < 1.29 is 0 Å². The molecule has 0 bridgehead atoms. The highest BCUT2D eigenvalue weighted by Crippen LogP contribution is 2.17. The molecule has 0 aliphatic rings. The molecule has 0 unspecified atom stereocenters. The molecule has 4 nitrogen and oxygen atoms in total. The fourth-order valence-electron chi connectivity index (χ4n) is 1.44. The average molecular weight is 208 g/mol. The minimum absolute atomic E-state index is 0.720. The molecule has 0 aliphatic carbocycles. The molecule has 0 atom stereocenters. The Bertz CT molecular complexity index is 322. The minimum Gasteiger partial charge on any atom is -0.397 e. The molecule has 1 aromatic heterocycles. The molecule has 0 saturated heterocycles. The fraction of sp³-hybridized carbons (Fsp3) is 0.545. The van der Waals surface area contributed by atoms with Crippen LogP contribution < -0.4 is 10.6 Å². The predicted molar refractivity (Wildman–Crippen MR) is 65.2 cm³/mol. The SMILES string of the molecule is Cc1cc(N)cnc1N(C)CCN(C)C. The third kappa shape index (κ3) is 3.40. The molecule has 1 aromatic rings. The molecule has 1 rings (SSSR count). The van der Waals surface area contributed by atoms with E-state index in [1.54, 1.807) is 6.20 Å². The van der Waals surface area contributed by atoms with Gasteiger partial charge in [-0.3, -0.25) is 0 Å². The standard InChI is InChI=1S/C11H20N4/c1-9-7-10(12)8-13-11(9)15(4)6-5-14(2)3/h7-8H,5-6,12H2,1-4H3. The maximum atomic E-state index is 5.66. The van der Waals surface area contributed by atoms with Gasteiger partial charge in [-0.25, -0.2) is 4.98 Å². The van der Waals surface area contributed by atoms with Gasteiger partial charge in [0.25, 0.3) is 0 Å². The van der Waals surface area contributed by atoms with Crippen LogP contribution in [-0.4, -0.2) is 44.1 Å². The summed E-state index contributed by atoms with van der Waals surface area (Å²) in [6.45, 7) is 4.01. The van der Waals surface area contributed by atoms with Gasteiger partial charge in [0.15, 0.2) is 0 Å². The summed E-state index contributed by atoms with van der Waals surface area (Å²) in [4.78, 5) is 8.64. The second-order valence-corrected chi connectivity index (χ2v) is 4.13. The first kappa shape index (κ1) is 11.8. The summed E-state index contributed by atoms with van der Waals surface area (Å²) in [5, 5.41) is 0. The lowest BCUT2D eigenvalue weighted by atomic mass is 10.2. The third-order valence-electron chi connectivity index (χ3n) is 2.32. The van der Waals surface area contributed by atoms with E-state index in [-0.39, 0.29) is 0 Å². The number of aromatic nitrogens is 1. The highest BCUT2D eigenvalue weighted by molar-refractivity contribution is 5.52. The lowest BCUT2D eigenvalue weighted by Gasteiger charge is -2.22. The highest BCUT2D eigenvalue weighted by Gasteiger charge is 2.06. The molecular formula is C11H20N4. The van der Waals surface area contributed by atoms with Gasteiger partial charge in [-0.2, -0.15) is 0 Å². The molecule has 0 radical (unpaired) electrons. The molecule has 84 valence electrons. The zero-order valence-electron chi connectivity index (χ0n) is 9.99. The van der Waals surface area contributed by atoms with Gasteiger partial charge in [-0.1, -0.05) is 0 Å². The summed E-state index contributed by atoms with van der Waals surface area (Å²) in [6.07, 6.45) is 1.70. The molecule has 2 N–H and O–H groups in total. The quantitative estimate of drug-likeness (QED) is 0.801. The fourth-order valence-corrected chi connectivity index (χ4v) is 1.44. The number of anilines is 2. The normalized spacial score (nSPS) is 10.7. The number of hydrogen-bond donors (Lipinski definition) is 1. The maximum Gasteiger partial charge on any atom is 0.131 e. The Labute approximate surface area is 91.7 Å². The van der Waals surface area contributed by atoms with Crippen molar-refractivity contribution in [1.82, 2.24) is 9.88 Å². The van der Waals surface area contributed by atoms with Crippen LogP contribution in [-0.2, 0) is 0 Å². The van der Waals surface area contributed by atoms with Crippen LogP contribution in [0.5, 0.6) is 0 Å². The molecule has 15 heavy (non-hydrogen) atoms. The molecular weight excluding hydrogens is 188 g/mol. The summed E-state index contributed by atoms with van der Waals surface area (Å²) in [6, 6.07) is 1.95. The van der Waals surface area contributed by atoms with Gasteiger partial charge in [0.1, 0.15) is 5.82 Å². The Morgan fingerprint density at radius 3 is 2.47 bits per heavy atom. The number of rotatable bonds is 4. The molecule has 1 heterocycles. The zero-order valence-corrected chi connectivity index (χ0v) is 9.99. The Morgan fingerprint density at radius 1 is 1.27 bits per heavy atom. The van der Waals surface area contributed by atoms with E-state index in [9.17, 15) is 0 Å². The van der Waals surface area contributed by atoms with E-state index < -0.39 is 0 Å². The van der Waals surface area contributed by atoms with Crippen LogP contribution in [0.15, 0.2) is 12.3 Å². The van der Waals surface area contributed by atoms with Crippen molar-refractivity contribution in [1.29, 1.82) is 0 Å². The van der Waals surface area contributed by atoms with Crippen LogP contribution >= 0.6 is 0 Å². The molecule has 0 spiro atoms. The van der Waals surface area contributed by atoms with Crippen molar-refractivity contribution in [3.05, 3.63) is 17.8 Å². The molecule has 0 aromatic carbocycles. The van der Waals surface area contributed by atoms with Gasteiger partial charge in [-0.05, 0) is 32.6 Å². The number of aryl methyl sites for hydroxylation is 1. The minimum atomic E-state index is 0.720. The van der Waals surface area contributed by atoms with Gasteiger partial charge in [-0.15, -0.1) is 0 Å². The van der Waals surface area contributed by atoms with Crippen molar-refractivity contribution in [2.75, 3.05) is 44.9 Å². The van der Waals surface area contributed by atoms with E-state index >= 15 is 0 Å². The summed E-state index contributed by atoms with van der Waals surface area (Å²) in [7, 11) is 6.18. The molecule has 0 saturated carbocycles. The number of likely N-dealkylation sites (N-methyl/N-ethyl adjacent to an activating group) is 2. The number of hydrogen-bond acceptors (Lipinski definition) is 4. The van der Waals surface area contributed by atoms with E-state index in [0.717, 1.165) is 30.2 Å². The Balaban J connectivity index is 2.69. The van der Waals surface area contributed by atoms with Gasteiger partial charge in [0.2, 0.25) is 0 Å². The van der Waals surface area contributed by atoms with Gasteiger partial charge in [0, 0.05) is 20.1 Å². The van der Waals surface area contributed by atoms with Crippen molar-refractivity contribution in [2.45, 2.75) is 6.92 Å². The second-order valence-electron chi connectivity index (χ2n) is 4.13. The van der Waals surface area contributed by atoms with Crippen LogP contribution in [0.4, 0.5) is 11.5 Å². The summed E-state index contributed by atoms with van der Waals surface area (Å²) in [5.74, 6) is 1.01. The zero-order chi connectivity index (χ0) is 11.4. The molecule has 0 fully saturated rings. The van der Waals surface area contributed by atoms with Crippen molar-refractivity contribution in [3.8, 4) is 0 Å². The van der Waals surface area contributed by atoms with Crippen molar-refractivity contribution in [2.24, 2.45) is 0 Å². The predicted octanol–water partition coefficient (Wildman–Crippen LogP) is 0.970. The Kier molecular flexibility index (Phi) is 3.91. The number of nitrogens with two attached hydrogens (primary N) is 1. The van der Waals surface area contributed by atoms with Gasteiger partial charge in [0.05, 0.1) is 11.9 Å². The third-order valence-corrected chi connectivity index (χ3v) is 2.32. The molecule has 0 amide bonds. The Hall–Kier alpha value is -1.29. The van der Waals surface area contributed by atoms with Gasteiger partial charge >= 0.3 is 0 Å². The first-order valence-electron chi connectivity index (χ1n) is 5.08. The average Bonchev–Trinajstić information content (AvgIpc) is 2.14. The van der Waals surface area contributed by atoms with Crippen LogP contribution in [0.25, 0.3) is 0 Å². The van der Waals surface area contributed by atoms with Crippen LogP contribution in [0.2, 0.25) is 0 Å². The molecule has 0 aliphatic heterocycles. The number of nitrogen functional groups attached to an aromatic ring is 1. The van der Waals surface area contributed by atoms with E-state index in [1.807, 2.05) is 13.0 Å².